The third kappa shape index (κ3) is 1.49. The van der Waals surface area contributed by atoms with Crippen LogP contribution in [-0.4, -0.2) is 23.9 Å². The molecule has 4 heteroatoms. The number of aliphatic hydroxyl groups excluding tert-OH is 1. The van der Waals surface area contributed by atoms with Crippen LogP contribution in [0.2, 0.25) is 0 Å². The van der Waals surface area contributed by atoms with E-state index in [0.717, 1.165) is 6.42 Å². The number of fused-ring (bicyclic) bond motifs is 1. The zero-order valence-corrected chi connectivity index (χ0v) is 8.78. The highest BCUT2D eigenvalue weighted by Crippen LogP contribution is 2.43. The van der Waals surface area contributed by atoms with Crippen molar-refractivity contribution in [2.75, 3.05) is 13.2 Å². The van der Waals surface area contributed by atoms with Crippen LogP contribution in [0.25, 0.3) is 0 Å². The number of halogens is 1. The zero-order valence-electron chi connectivity index (χ0n) is 8.78. The normalized spacial score (nSPS) is 32.5. The van der Waals surface area contributed by atoms with E-state index in [4.69, 9.17) is 9.47 Å². The molecule has 16 heavy (non-hydrogen) atoms. The molecule has 1 aromatic carbocycles. The van der Waals surface area contributed by atoms with Gasteiger partial charge in [-0.25, -0.2) is 4.39 Å². The van der Waals surface area contributed by atoms with Gasteiger partial charge in [-0.05, 0) is 12.1 Å². The lowest BCUT2D eigenvalue weighted by Crippen LogP contribution is -2.41. The maximum Gasteiger partial charge on any atom is 0.137 e. The smallest absolute Gasteiger partial charge is 0.137 e. The summed E-state index contributed by atoms with van der Waals surface area (Å²) in [5.74, 6) is 0.103. The lowest BCUT2D eigenvalue weighted by molar-refractivity contribution is -0.0196. The number of ether oxygens (including phenoxy) is 2. The van der Waals surface area contributed by atoms with Gasteiger partial charge < -0.3 is 14.6 Å². The molecule has 1 unspecified atom stereocenters. The van der Waals surface area contributed by atoms with E-state index in [2.05, 4.69) is 0 Å². The minimum absolute atomic E-state index is 0.345. The number of hydrogen-bond donors (Lipinski definition) is 1. The standard InChI is InChI=1S/C12H13FO3/c13-8-1-2-9-10(14)6-12(3-4-15-7-12)16-11(9)5-8/h1-2,5,10,14H,3-4,6-7H2/t10-,12?/m1/s1. The Kier molecular flexibility index (Phi) is 2.16. The fourth-order valence-corrected chi connectivity index (χ4v) is 2.44. The van der Waals surface area contributed by atoms with Gasteiger partial charge in [0, 0.05) is 24.5 Å². The van der Waals surface area contributed by atoms with Gasteiger partial charge in [-0.2, -0.15) is 0 Å². The summed E-state index contributed by atoms with van der Waals surface area (Å²) in [6.07, 6.45) is 0.678. The molecule has 0 radical (unpaired) electrons. The lowest BCUT2D eigenvalue weighted by atomic mass is 9.88. The monoisotopic (exact) mass is 224 g/mol. The number of rotatable bonds is 0. The first-order valence-electron chi connectivity index (χ1n) is 5.43. The first-order chi connectivity index (χ1) is 7.69. The molecule has 3 nitrogen and oxygen atoms in total. The van der Waals surface area contributed by atoms with Crippen LogP contribution in [0.4, 0.5) is 4.39 Å². The molecule has 1 fully saturated rings. The van der Waals surface area contributed by atoms with Crippen LogP contribution in [0.1, 0.15) is 24.5 Å². The van der Waals surface area contributed by atoms with Gasteiger partial charge >= 0.3 is 0 Å². The molecule has 0 amide bonds. The molecule has 2 heterocycles. The van der Waals surface area contributed by atoms with Gasteiger partial charge in [-0.3, -0.25) is 0 Å². The summed E-state index contributed by atoms with van der Waals surface area (Å²) in [4.78, 5) is 0. The van der Waals surface area contributed by atoms with E-state index in [1.165, 1.54) is 12.1 Å². The Balaban J connectivity index is 2.00. The van der Waals surface area contributed by atoms with Crippen LogP contribution in [0.5, 0.6) is 5.75 Å². The average Bonchev–Trinajstić information content (AvgIpc) is 2.65. The Bertz CT molecular complexity index is 413. The van der Waals surface area contributed by atoms with Gasteiger partial charge in [0.2, 0.25) is 0 Å². The Morgan fingerprint density at radius 1 is 1.44 bits per heavy atom. The SMILES string of the molecule is O[C@@H]1CC2(CCOC2)Oc2cc(F)ccc21. The van der Waals surface area contributed by atoms with Crippen molar-refractivity contribution in [3.8, 4) is 5.75 Å². The van der Waals surface area contributed by atoms with Crippen molar-refractivity contribution in [2.24, 2.45) is 0 Å². The minimum atomic E-state index is -0.592. The van der Waals surface area contributed by atoms with Crippen LogP contribution in [0.15, 0.2) is 18.2 Å². The number of benzene rings is 1. The molecule has 86 valence electrons. The second-order valence-electron chi connectivity index (χ2n) is 4.49. The zero-order chi connectivity index (χ0) is 11.2. The maximum atomic E-state index is 13.1. The van der Waals surface area contributed by atoms with Gasteiger partial charge in [0.25, 0.3) is 0 Å². The first-order valence-corrected chi connectivity index (χ1v) is 5.43. The van der Waals surface area contributed by atoms with Crippen molar-refractivity contribution in [2.45, 2.75) is 24.5 Å². The van der Waals surface area contributed by atoms with Crippen molar-refractivity contribution in [1.29, 1.82) is 0 Å². The summed E-state index contributed by atoms with van der Waals surface area (Å²) in [6, 6.07) is 4.25. The first kappa shape index (κ1) is 10.1. The van der Waals surface area contributed by atoms with E-state index in [0.29, 0.717) is 30.9 Å². The predicted octanol–water partition coefficient (Wildman–Crippen LogP) is 1.80. The van der Waals surface area contributed by atoms with Gasteiger partial charge in [0.1, 0.15) is 17.2 Å². The second-order valence-corrected chi connectivity index (χ2v) is 4.49. The Labute approximate surface area is 92.8 Å². The minimum Gasteiger partial charge on any atom is -0.484 e. The molecule has 0 aliphatic carbocycles. The molecule has 3 rings (SSSR count). The third-order valence-electron chi connectivity index (χ3n) is 3.29. The van der Waals surface area contributed by atoms with Crippen molar-refractivity contribution in [3.63, 3.8) is 0 Å². The molecule has 0 saturated carbocycles. The van der Waals surface area contributed by atoms with Crippen molar-refractivity contribution in [1.82, 2.24) is 0 Å². The molecule has 1 saturated heterocycles. The number of hydrogen-bond acceptors (Lipinski definition) is 3. The third-order valence-corrected chi connectivity index (χ3v) is 3.29. The Morgan fingerprint density at radius 3 is 3.06 bits per heavy atom. The highest BCUT2D eigenvalue weighted by Gasteiger charge is 2.43. The van der Waals surface area contributed by atoms with E-state index in [1.807, 2.05) is 0 Å². The molecule has 2 aliphatic rings. The van der Waals surface area contributed by atoms with Crippen molar-refractivity contribution in [3.05, 3.63) is 29.6 Å². The summed E-state index contributed by atoms with van der Waals surface area (Å²) in [7, 11) is 0. The van der Waals surface area contributed by atoms with Crippen LogP contribution in [0.3, 0.4) is 0 Å². The largest absolute Gasteiger partial charge is 0.484 e. The molecule has 2 atom stereocenters. The topological polar surface area (TPSA) is 38.7 Å². The molecule has 0 aromatic heterocycles. The van der Waals surface area contributed by atoms with E-state index in [-0.39, 0.29) is 5.82 Å². The predicted molar refractivity (Wildman–Crippen MR) is 54.8 cm³/mol. The highest BCUT2D eigenvalue weighted by atomic mass is 19.1. The summed E-state index contributed by atoms with van der Waals surface area (Å²) >= 11 is 0. The van der Waals surface area contributed by atoms with Gasteiger partial charge in [0.05, 0.1) is 19.3 Å². The van der Waals surface area contributed by atoms with Crippen LogP contribution in [-0.2, 0) is 4.74 Å². The molecular weight excluding hydrogens is 211 g/mol. The van der Waals surface area contributed by atoms with E-state index in [1.54, 1.807) is 6.07 Å². The Morgan fingerprint density at radius 2 is 2.31 bits per heavy atom. The summed E-state index contributed by atoms with van der Waals surface area (Å²) in [5.41, 5.74) is 0.208. The maximum absolute atomic E-state index is 13.1. The van der Waals surface area contributed by atoms with Crippen molar-refractivity contribution < 1.29 is 19.0 Å². The second kappa shape index (κ2) is 3.43. The summed E-state index contributed by atoms with van der Waals surface area (Å²) < 4.78 is 24.2. The molecule has 1 aromatic rings. The van der Waals surface area contributed by atoms with Gasteiger partial charge in [0.15, 0.2) is 0 Å². The van der Waals surface area contributed by atoms with Crippen LogP contribution >= 0.6 is 0 Å². The van der Waals surface area contributed by atoms with E-state index < -0.39 is 11.7 Å². The highest BCUT2D eigenvalue weighted by molar-refractivity contribution is 5.38. The summed E-state index contributed by atoms with van der Waals surface area (Å²) in [5, 5.41) is 10.0. The fraction of sp³-hybridized carbons (Fsp3) is 0.500. The number of aliphatic hydroxyl groups is 1. The summed E-state index contributed by atoms with van der Waals surface area (Å²) in [6.45, 7) is 1.11. The van der Waals surface area contributed by atoms with Gasteiger partial charge in [-0.1, -0.05) is 0 Å². The fourth-order valence-electron chi connectivity index (χ4n) is 2.44. The molecule has 1 N–H and O–H groups in total. The quantitative estimate of drug-likeness (QED) is 0.730. The molecular formula is C12H13FO3. The molecule has 2 aliphatic heterocycles. The Hall–Kier alpha value is -1.13. The molecule has 0 bridgehead atoms. The average molecular weight is 224 g/mol. The van der Waals surface area contributed by atoms with Crippen LogP contribution in [0, 0.1) is 5.82 Å². The molecule has 1 spiro atoms. The lowest BCUT2D eigenvalue weighted by Gasteiger charge is -2.36. The van der Waals surface area contributed by atoms with Gasteiger partial charge in [-0.15, -0.1) is 0 Å². The van der Waals surface area contributed by atoms with Crippen molar-refractivity contribution >= 4 is 0 Å². The van der Waals surface area contributed by atoms with E-state index >= 15 is 0 Å². The van der Waals surface area contributed by atoms with E-state index in [9.17, 15) is 9.50 Å². The van der Waals surface area contributed by atoms with Crippen LogP contribution < -0.4 is 4.74 Å².